The first-order valence-electron chi connectivity index (χ1n) is 6.10. The zero-order valence-corrected chi connectivity index (χ0v) is 11.2. The lowest BCUT2D eigenvalue weighted by molar-refractivity contribution is 0.0595. The predicted octanol–water partition coefficient (Wildman–Crippen LogP) is 3.07. The van der Waals surface area contributed by atoms with Crippen LogP contribution >= 0.6 is 0 Å². The Bertz CT molecular complexity index is 654. The van der Waals surface area contributed by atoms with Crippen molar-refractivity contribution in [3.63, 3.8) is 0 Å². The van der Waals surface area contributed by atoms with Gasteiger partial charge in [-0.3, -0.25) is 0 Å². The summed E-state index contributed by atoms with van der Waals surface area (Å²) in [6, 6.07) is 7.55. The number of benzene rings is 2. The van der Waals surface area contributed by atoms with Gasteiger partial charge in [-0.1, -0.05) is 0 Å². The van der Waals surface area contributed by atoms with E-state index in [1.165, 1.54) is 24.3 Å². The van der Waals surface area contributed by atoms with Crippen LogP contribution in [0.4, 0.5) is 14.5 Å². The largest absolute Gasteiger partial charge is 0.508 e. The number of ether oxygens (including phenoxy) is 1. The van der Waals surface area contributed by atoms with Crippen molar-refractivity contribution in [3.05, 3.63) is 59.2 Å². The van der Waals surface area contributed by atoms with Crippen LogP contribution in [0.2, 0.25) is 0 Å². The van der Waals surface area contributed by atoms with Crippen LogP contribution in [-0.2, 0) is 11.3 Å². The monoisotopic (exact) mass is 293 g/mol. The second-order valence-corrected chi connectivity index (χ2v) is 4.36. The Morgan fingerprint density at radius 3 is 2.67 bits per heavy atom. The molecule has 0 fully saturated rings. The molecule has 0 spiro atoms. The summed E-state index contributed by atoms with van der Waals surface area (Å²) in [5, 5.41) is 12.2. The van der Waals surface area contributed by atoms with Crippen molar-refractivity contribution < 1.29 is 23.4 Å². The Kier molecular flexibility index (Phi) is 4.37. The maximum Gasteiger partial charge on any atom is 0.340 e. The van der Waals surface area contributed by atoms with Crippen LogP contribution in [0.3, 0.4) is 0 Å². The van der Waals surface area contributed by atoms with Gasteiger partial charge in [-0.05, 0) is 35.9 Å². The van der Waals surface area contributed by atoms with E-state index in [-0.39, 0.29) is 17.9 Å². The quantitative estimate of drug-likeness (QED) is 0.851. The van der Waals surface area contributed by atoms with Gasteiger partial charge in [0.05, 0.1) is 12.7 Å². The molecular weight excluding hydrogens is 280 g/mol. The number of rotatable bonds is 4. The maximum atomic E-state index is 13.5. The van der Waals surface area contributed by atoms with Crippen LogP contribution in [0.25, 0.3) is 0 Å². The predicted molar refractivity (Wildman–Crippen MR) is 73.1 cm³/mol. The summed E-state index contributed by atoms with van der Waals surface area (Å²) in [4.78, 5) is 11.4. The summed E-state index contributed by atoms with van der Waals surface area (Å²) < 4.78 is 31.1. The smallest absolute Gasteiger partial charge is 0.340 e. The fourth-order valence-corrected chi connectivity index (χ4v) is 1.84. The number of halogens is 2. The number of phenols is 1. The molecular formula is C15H13F2NO3. The third kappa shape index (κ3) is 3.68. The van der Waals surface area contributed by atoms with Crippen LogP contribution in [0.15, 0.2) is 36.4 Å². The Hall–Kier alpha value is -2.63. The van der Waals surface area contributed by atoms with Crippen molar-refractivity contribution in [3.8, 4) is 5.75 Å². The second kappa shape index (κ2) is 6.21. The fraction of sp³-hybridized carbons (Fsp3) is 0.133. The third-order valence-corrected chi connectivity index (χ3v) is 2.81. The van der Waals surface area contributed by atoms with Gasteiger partial charge in [-0.25, -0.2) is 13.6 Å². The molecule has 21 heavy (non-hydrogen) atoms. The minimum absolute atomic E-state index is 0.179. The number of aromatic hydroxyl groups is 1. The number of carbonyl (C=O) groups is 1. The topological polar surface area (TPSA) is 58.6 Å². The van der Waals surface area contributed by atoms with E-state index in [9.17, 15) is 18.7 Å². The molecule has 0 amide bonds. The van der Waals surface area contributed by atoms with Crippen molar-refractivity contribution in [2.24, 2.45) is 0 Å². The average molecular weight is 293 g/mol. The van der Waals surface area contributed by atoms with Crippen LogP contribution < -0.4 is 5.32 Å². The molecule has 4 nitrogen and oxygen atoms in total. The Labute approximate surface area is 120 Å². The highest BCUT2D eigenvalue weighted by Gasteiger charge is 2.12. The van der Waals surface area contributed by atoms with Gasteiger partial charge in [0.2, 0.25) is 0 Å². The van der Waals surface area contributed by atoms with Crippen LogP contribution in [-0.4, -0.2) is 18.2 Å². The second-order valence-electron chi connectivity index (χ2n) is 4.36. The molecule has 0 aliphatic heterocycles. The SMILES string of the molecule is COC(=O)c1cc(NCc2cc(O)cc(F)c2)ccc1F. The number of hydrogen-bond acceptors (Lipinski definition) is 4. The molecule has 0 unspecified atom stereocenters. The minimum atomic E-state index is -0.778. The molecule has 0 bridgehead atoms. The van der Waals surface area contributed by atoms with E-state index in [2.05, 4.69) is 10.1 Å². The first-order chi connectivity index (χ1) is 9.99. The molecule has 0 atom stereocenters. The van der Waals surface area contributed by atoms with Gasteiger partial charge in [0.1, 0.15) is 17.4 Å². The van der Waals surface area contributed by atoms with E-state index in [1.807, 2.05) is 0 Å². The standard InChI is InChI=1S/C15H13F2NO3/c1-21-15(20)13-7-11(2-3-14(13)17)18-8-9-4-10(16)6-12(19)5-9/h2-7,18-19H,8H2,1H3. The molecule has 2 aromatic carbocycles. The van der Waals surface area contributed by atoms with E-state index >= 15 is 0 Å². The number of methoxy groups -OCH3 is 1. The lowest BCUT2D eigenvalue weighted by atomic mass is 10.1. The van der Waals surface area contributed by atoms with Gasteiger partial charge in [-0.15, -0.1) is 0 Å². The molecule has 0 aliphatic rings. The fourth-order valence-electron chi connectivity index (χ4n) is 1.84. The maximum absolute atomic E-state index is 13.5. The van der Waals surface area contributed by atoms with Crippen molar-refractivity contribution in [2.75, 3.05) is 12.4 Å². The number of nitrogens with one attached hydrogen (secondary N) is 1. The Morgan fingerprint density at radius 1 is 1.24 bits per heavy atom. The molecule has 0 aliphatic carbocycles. The first kappa shape index (κ1) is 14.8. The van der Waals surface area contributed by atoms with Gasteiger partial charge in [0, 0.05) is 18.3 Å². The molecule has 6 heteroatoms. The molecule has 0 heterocycles. The zero-order chi connectivity index (χ0) is 15.4. The third-order valence-electron chi connectivity index (χ3n) is 2.81. The van der Waals surface area contributed by atoms with Crippen LogP contribution in [0.5, 0.6) is 5.75 Å². The van der Waals surface area contributed by atoms with Gasteiger partial charge >= 0.3 is 5.97 Å². The van der Waals surface area contributed by atoms with Gasteiger partial charge in [-0.2, -0.15) is 0 Å². The van der Waals surface area contributed by atoms with Gasteiger partial charge < -0.3 is 15.2 Å². The summed E-state index contributed by atoms with van der Waals surface area (Å²) >= 11 is 0. The normalized spacial score (nSPS) is 10.2. The van der Waals surface area contributed by atoms with Crippen molar-refractivity contribution >= 4 is 11.7 Å². The summed E-state index contributed by atoms with van der Waals surface area (Å²) in [5.74, 6) is -2.20. The molecule has 110 valence electrons. The molecule has 0 aromatic heterocycles. The van der Waals surface area contributed by atoms with E-state index in [0.717, 1.165) is 19.2 Å². The minimum Gasteiger partial charge on any atom is -0.508 e. The van der Waals surface area contributed by atoms with Crippen molar-refractivity contribution in [2.45, 2.75) is 6.54 Å². The highest BCUT2D eigenvalue weighted by atomic mass is 19.1. The zero-order valence-electron chi connectivity index (χ0n) is 11.2. The Balaban J connectivity index is 2.15. The Morgan fingerprint density at radius 2 is 2.00 bits per heavy atom. The summed E-state index contributed by atoms with van der Waals surface area (Å²) in [5.41, 5.74) is 0.793. The highest BCUT2D eigenvalue weighted by molar-refractivity contribution is 5.90. The summed E-state index contributed by atoms with van der Waals surface area (Å²) in [6.45, 7) is 0.206. The number of anilines is 1. The number of esters is 1. The van der Waals surface area contributed by atoms with Gasteiger partial charge in [0.25, 0.3) is 0 Å². The summed E-state index contributed by atoms with van der Waals surface area (Å²) in [6.07, 6.45) is 0. The van der Waals surface area contributed by atoms with Crippen molar-refractivity contribution in [1.82, 2.24) is 0 Å². The van der Waals surface area contributed by atoms with E-state index in [4.69, 9.17) is 0 Å². The van der Waals surface area contributed by atoms with Crippen molar-refractivity contribution in [1.29, 1.82) is 0 Å². The lowest BCUT2D eigenvalue weighted by Gasteiger charge is -2.09. The molecule has 2 N–H and O–H groups in total. The number of phenolic OH excluding ortho intramolecular Hbond substituents is 1. The average Bonchev–Trinajstić information content (AvgIpc) is 2.44. The molecule has 0 radical (unpaired) electrons. The van der Waals surface area contributed by atoms with E-state index in [0.29, 0.717) is 11.3 Å². The number of hydrogen-bond donors (Lipinski definition) is 2. The molecule has 0 saturated heterocycles. The van der Waals surface area contributed by atoms with E-state index in [1.54, 1.807) is 0 Å². The van der Waals surface area contributed by atoms with Crippen LogP contribution in [0, 0.1) is 11.6 Å². The van der Waals surface area contributed by atoms with E-state index < -0.39 is 17.6 Å². The lowest BCUT2D eigenvalue weighted by Crippen LogP contribution is -2.06. The molecule has 2 rings (SSSR count). The summed E-state index contributed by atoms with van der Waals surface area (Å²) in [7, 11) is 1.16. The highest BCUT2D eigenvalue weighted by Crippen LogP contribution is 2.19. The number of carbonyl (C=O) groups excluding carboxylic acids is 1. The molecule has 2 aromatic rings. The first-order valence-corrected chi connectivity index (χ1v) is 6.10. The van der Waals surface area contributed by atoms with Gasteiger partial charge in [0.15, 0.2) is 0 Å². The van der Waals surface area contributed by atoms with Crippen LogP contribution in [0.1, 0.15) is 15.9 Å². The molecule has 0 saturated carbocycles.